The molecule has 0 aliphatic carbocycles. The quantitative estimate of drug-likeness (QED) is 0.683. The van der Waals surface area contributed by atoms with Crippen LogP contribution in [0.15, 0.2) is 0 Å². The van der Waals surface area contributed by atoms with Crippen molar-refractivity contribution >= 4 is 5.78 Å². The van der Waals surface area contributed by atoms with Crippen molar-refractivity contribution in [3.8, 4) is 6.07 Å². The Morgan fingerprint density at radius 1 is 1.43 bits per heavy atom. The smallest absolute Gasteiger partial charge is 0.150 e. The zero-order valence-electron chi connectivity index (χ0n) is 8.03. The van der Waals surface area contributed by atoms with Gasteiger partial charge < -0.3 is 10.1 Å². The fourth-order valence-electron chi connectivity index (χ4n) is 2.32. The summed E-state index contributed by atoms with van der Waals surface area (Å²) in [7, 11) is 0. The Balaban J connectivity index is 1.95. The van der Waals surface area contributed by atoms with E-state index in [1.807, 2.05) is 6.07 Å². The second-order valence-corrected chi connectivity index (χ2v) is 4.07. The lowest BCUT2D eigenvalue weighted by Gasteiger charge is -2.39. The van der Waals surface area contributed by atoms with Crippen molar-refractivity contribution in [2.45, 2.75) is 31.3 Å². The Bertz CT molecular complexity index is 260. The number of hydrogen-bond acceptors (Lipinski definition) is 4. The van der Waals surface area contributed by atoms with Gasteiger partial charge in [-0.1, -0.05) is 0 Å². The molecule has 2 fully saturated rings. The van der Waals surface area contributed by atoms with Crippen molar-refractivity contribution in [1.29, 1.82) is 5.26 Å². The largest absolute Gasteiger partial charge is 0.378 e. The standard InChI is InChI=1S/C10H14N2O2/c11-2-1-10(13)7-3-8-5-14-6-9(4-7)12-8/h7-9,12H,1,3-6H2. The molecule has 2 rings (SSSR count). The number of carbonyl (C=O) groups excluding carboxylic acids is 1. The van der Waals surface area contributed by atoms with Crippen LogP contribution in [-0.2, 0) is 9.53 Å². The Morgan fingerprint density at radius 3 is 2.64 bits per heavy atom. The van der Waals surface area contributed by atoms with Crippen LogP contribution in [-0.4, -0.2) is 31.1 Å². The van der Waals surface area contributed by atoms with E-state index < -0.39 is 0 Å². The van der Waals surface area contributed by atoms with Gasteiger partial charge in [0.1, 0.15) is 5.78 Å². The van der Waals surface area contributed by atoms with E-state index >= 15 is 0 Å². The number of rotatable bonds is 2. The Labute approximate surface area is 83.2 Å². The molecule has 4 heteroatoms. The van der Waals surface area contributed by atoms with Crippen LogP contribution in [0, 0.1) is 17.2 Å². The molecule has 76 valence electrons. The van der Waals surface area contributed by atoms with Crippen molar-refractivity contribution in [3.05, 3.63) is 0 Å². The molecular weight excluding hydrogens is 180 g/mol. The Kier molecular flexibility index (Phi) is 2.80. The number of Topliss-reactive ketones (excluding diaryl/α,β-unsaturated/α-hetero) is 1. The number of nitrogens with zero attached hydrogens (tertiary/aromatic N) is 1. The van der Waals surface area contributed by atoms with Crippen molar-refractivity contribution in [1.82, 2.24) is 5.32 Å². The topological polar surface area (TPSA) is 62.1 Å². The molecule has 2 unspecified atom stereocenters. The monoisotopic (exact) mass is 194 g/mol. The molecule has 0 aromatic heterocycles. The molecule has 0 aromatic rings. The molecule has 2 bridgehead atoms. The molecule has 1 N–H and O–H groups in total. The third-order valence-corrected chi connectivity index (χ3v) is 2.96. The van der Waals surface area contributed by atoms with Crippen LogP contribution < -0.4 is 5.32 Å². The van der Waals surface area contributed by atoms with Crippen molar-refractivity contribution in [3.63, 3.8) is 0 Å². The maximum atomic E-state index is 11.5. The predicted octanol–water partition coefficient (Wildman–Crippen LogP) is 0.236. The van der Waals surface area contributed by atoms with Crippen LogP contribution in [0.3, 0.4) is 0 Å². The van der Waals surface area contributed by atoms with Gasteiger partial charge in [-0.15, -0.1) is 0 Å². The normalized spacial score (nSPS) is 36.1. The van der Waals surface area contributed by atoms with E-state index in [-0.39, 0.29) is 18.1 Å². The van der Waals surface area contributed by atoms with Gasteiger partial charge in [-0.2, -0.15) is 5.26 Å². The molecule has 14 heavy (non-hydrogen) atoms. The summed E-state index contributed by atoms with van der Waals surface area (Å²) in [6.45, 7) is 1.40. The SMILES string of the molecule is N#CCC(=O)C1CC2COCC(C1)N2. The molecule has 2 saturated heterocycles. The van der Waals surface area contributed by atoms with Gasteiger partial charge in [-0.05, 0) is 12.8 Å². The number of nitrogens with one attached hydrogen (secondary N) is 1. The number of ketones is 1. The third kappa shape index (κ3) is 1.94. The van der Waals surface area contributed by atoms with Crippen LogP contribution in [0.25, 0.3) is 0 Å². The molecule has 2 heterocycles. The van der Waals surface area contributed by atoms with E-state index in [0.717, 1.165) is 12.8 Å². The van der Waals surface area contributed by atoms with Gasteiger partial charge in [0.15, 0.2) is 0 Å². The summed E-state index contributed by atoms with van der Waals surface area (Å²) in [5, 5.41) is 11.9. The highest BCUT2D eigenvalue weighted by Gasteiger charge is 2.34. The minimum Gasteiger partial charge on any atom is -0.378 e. The first kappa shape index (κ1) is 9.63. The van der Waals surface area contributed by atoms with Gasteiger partial charge in [0.2, 0.25) is 0 Å². The van der Waals surface area contributed by atoms with Crippen molar-refractivity contribution in [2.75, 3.05) is 13.2 Å². The minimum absolute atomic E-state index is 0.0605. The van der Waals surface area contributed by atoms with Gasteiger partial charge in [0, 0.05) is 18.0 Å². The molecule has 2 atom stereocenters. The zero-order chi connectivity index (χ0) is 9.97. The van der Waals surface area contributed by atoms with Crippen LogP contribution in [0.5, 0.6) is 0 Å². The second kappa shape index (κ2) is 4.07. The first-order valence-electron chi connectivity index (χ1n) is 5.03. The fraction of sp³-hybridized carbons (Fsp3) is 0.800. The maximum Gasteiger partial charge on any atom is 0.150 e. The van der Waals surface area contributed by atoms with Gasteiger partial charge in [-0.3, -0.25) is 4.79 Å². The highest BCUT2D eigenvalue weighted by atomic mass is 16.5. The van der Waals surface area contributed by atoms with E-state index in [4.69, 9.17) is 10.00 Å². The molecule has 0 saturated carbocycles. The molecule has 4 nitrogen and oxygen atoms in total. The first-order valence-corrected chi connectivity index (χ1v) is 5.03. The molecule has 0 radical (unpaired) electrons. The van der Waals surface area contributed by atoms with E-state index in [9.17, 15) is 4.79 Å². The zero-order valence-corrected chi connectivity index (χ0v) is 8.03. The number of ether oxygens (including phenoxy) is 1. The molecule has 0 amide bonds. The van der Waals surface area contributed by atoms with Crippen molar-refractivity contribution < 1.29 is 9.53 Å². The highest BCUT2D eigenvalue weighted by Crippen LogP contribution is 2.25. The number of fused-ring (bicyclic) bond motifs is 2. The summed E-state index contributed by atoms with van der Waals surface area (Å²) in [6.07, 6.45) is 1.72. The third-order valence-electron chi connectivity index (χ3n) is 2.96. The lowest BCUT2D eigenvalue weighted by Crippen LogP contribution is -2.55. The van der Waals surface area contributed by atoms with E-state index in [1.54, 1.807) is 0 Å². The molecule has 2 aliphatic heterocycles. The second-order valence-electron chi connectivity index (χ2n) is 4.07. The molecular formula is C10H14N2O2. The summed E-state index contributed by atoms with van der Waals surface area (Å²) in [5.41, 5.74) is 0. The first-order chi connectivity index (χ1) is 6.79. The van der Waals surface area contributed by atoms with Crippen LogP contribution >= 0.6 is 0 Å². The van der Waals surface area contributed by atoms with Crippen LogP contribution in [0.2, 0.25) is 0 Å². The van der Waals surface area contributed by atoms with E-state index in [1.165, 1.54) is 0 Å². The highest BCUT2D eigenvalue weighted by molar-refractivity contribution is 5.83. The Morgan fingerprint density at radius 2 is 2.07 bits per heavy atom. The van der Waals surface area contributed by atoms with Crippen LogP contribution in [0.4, 0.5) is 0 Å². The summed E-state index contributed by atoms with van der Waals surface area (Å²) < 4.78 is 5.39. The molecule has 0 spiro atoms. The predicted molar refractivity (Wildman–Crippen MR) is 49.5 cm³/mol. The number of hydrogen-bond donors (Lipinski definition) is 1. The summed E-state index contributed by atoms with van der Waals surface area (Å²) in [6, 6.07) is 2.56. The van der Waals surface area contributed by atoms with E-state index in [0.29, 0.717) is 25.3 Å². The van der Waals surface area contributed by atoms with Crippen molar-refractivity contribution in [2.24, 2.45) is 5.92 Å². The molecule has 0 aromatic carbocycles. The average molecular weight is 194 g/mol. The number of nitriles is 1. The van der Waals surface area contributed by atoms with Gasteiger partial charge in [0.05, 0.1) is 25.7 Å². The maximum absolute atomic E-state index is 11.5. The van der Waals surface area contributed by atoms with Crippen LogP contribution in [0.1, 0.15) is 19.3 Å². The number of carbonyl (C=O) groups is 1. The fourth-order valence-corrected chi connectivity index (χ4v) is 2.32. The summed E-state index contributed by atoms with van der Waals surface area (Å²) in [5.74, 6) is 0.181. The van der Waals surface area contributed by atoms with Gasteiger partial charge in [0.25, 0.3) is 0 Å². The number of piperidine rings is 1. The molecule has 2 aliphatic rings. The lowest BCUT2D eigenvalue weighted by atomic mass is 9.83. The van der Waals surface area contributed by atoms with Gasteiger partial charge in [-0.25, -0.2) is 0 Å². The lowest BCUT2D eigenvalue weighted by molar-refractivity contribution is -0.124. The van der Waals surface area contributed by atoms with Gasteiger partial charge >= 0.3 is 0 Å². The summed E-state index contributed by atoms with van der Waals surface area (Å²) in [4.78, 5) is 11.5. The minimum atomic E-state index is 0.0605. The van der Waals surface area contributed by atoms with E-state index in [2.05, 4.69) is 5.32 Å². The Hall–Kier alpha value is -0.920. The summed E-state index contributed by atoms with van der Waals surface area (Å²) >= 11 is 0. The number of morpholine rings is 1. The average Bonchev–Trinajstić information content (AvgIpc) is 2.17.